The van der Waals surface area contributed by atoms with Crippen LogP contribution in [0.4, 0.5) is 11.4 Å². The van der Waals surface area contributed by atoms with Crippen LogP contribution in [0.1, 0.15) is 15.9 Å². The van der Waals surface area contributed by atoms with Gasteiger partial charge in [0, 0.05) is 24.0 Å². The number of anilines is 2. The minimum absolute atomic E-state index is 0.103. The van der Waals surface area contributed by atoms with E-state index < -0.39 is 0 Å². The third-order valence-corrected chi connectivity index (χ3v) is 3.61. The highest BCUT2D eigenvalue weighted by molar-refractivity contribution is 6.10. The quantitative estimate of drug-likeness (QED) is 0.865. The molecule has 5 heteroatoms. The third kappa shape index (κ3) is 2.53. The highest BCUT2D eigenvalue weighted by Gasteiger charge is 2.23. The predicted molar refractivity (Wildman–Crippen MR) is 88.0 cm³/mol. The first-order chi connectivity index (χ1) is 10.7. The van der Waals surface area contributed by atoms with E-state index in [4.69, 9.17) is 10.5 Å². The molecule has 0 fully saturated rings. The molecular weight excluding hydrogens is 278 g/mol. The number of fused-ring (bicyclic) bond motifs is 1. The van der Waals surface area contributed by atoms with Gasteiger partial charge in [-0.05, 0) is 30.3 Å². The molecule has 2 N–H and O–H groups in total. The molecule has 112 valence electrons. The van der Waals surface area contributed by atoms with Crippen molar-refractivity contribution in [1.29, 1.82) is 0 Å². The zero-order chi connectivity index (χ0) is 15.5. The largest absolute Gasteiger partial charge is 0.496 e. The predicted octanol–water partition coefficient (Wildman–Crippen LogP) is 2.36. The lowest BCUT2D eigenvalue weighted by atomic mass is 10.1. The maximum absolute atomic E-state index is 12.9. The number of carbonyl (C=O) groups is 1. The Morgan fingerprint density at radius 2 is 2.09 bits per heavy atom. The van der Waals surface area contributed by atoms with E-state index in [2.05, 4.69) is 4.99 Å². The van der Waals surface area contributed by atoms with E-state index in [1.807, 2.05) is 24.3 Å². The van der Waals surface area contributed by atoms with Gasteiger partial charge in [0.1, 0.15) is 5.75 Å². The van der Waals surface area contributed by atoms with E-state index >= 15 is 0 Å². The molecule has 0 spiro atoms. The van der Waals surface area contributed by atoms with Crippen molar-refractivity contribution in [3.8, 4) is 5.75 Å². The summed E-state index contributed by atoms with van der Waals surface area (Å²) in [6, 6.07) is 12.7. The number of nitrogens with zero attached hydrogens (tertiary/aromatic N) is 2. The SMILES string of the molecule is COc1ccccc1C(=O)N1CCN=Cc2cc(N)ccc21. The standard InChI is InChI=1S/C17H17N3O2/c1-22-16-5-3-2-4-14(16)17(21)20-9-8-19-11-12-10-13(18)6-7-15(12)20/h2-7,10-11H,8-9,18H2,1H3. The Kier molecular flexibility index (Phi) is 3.78. The number of benzodiazepines with no additional fused rings is 1. The number of para-hydroxylation sites is 1. The molecule has 0 aliphatic carbocycles. The summed E-state index contributed by atoms with van der Waals surface area (Å²) in [4.78, 5) is 19.0. The van der Waals surface area contributed by atoms with Crippen molar-refractivity contribution in [1.82, 2.24) is 0 Å². The van der Waals surface area contributed by atoms with Crippen LogP contribution in [0.25, 0.3) is 0 Å². The van der Waals surface area contributed by atoms with E-state index in [1.54, 1.807) is 36.4 Å². The zero-order valence-electron chi connectivity index (χ0n) is 12.3. The number of hydrogen-bond acceptors (Lipinski definition) is 4. The van der Waals surface area contributed by atoms with Gasteiger partial charge in [0.2, 0.25) is 0 Å². The highest BCUT2D eigenvalue weighted by Crippen LogP contribution is 2.27. The van der Waals surface area contributed by atoms with Gasteiger partial charge in [0.05, 0.1) is 24.9 Å². The first-order valence-electron chi connectivity index (χ1n) is 7.05. The summed E-state index contributed by atoms with van der Waals surface area (Å²) >= 11 is 0. The van der Waals surface area contributed by atoms with Crippen molar-refractivity contribution in [2.45, 2.75) is 0 Å². The van der Waals surface area contributed by atoms with Gasteiger partial charge in [0.15, 0.2) is 0 Å². The van der Waals surface area contributed by atoms with Gasteiger partial charge in [-0.2, -0.15) is 0 Å². The molecule has 22 heavy (non-hydrogen) atoms. The maximum Gasteiger partial charge on any atom is 0.262 e. The van der Waals surface area contributed by atoms with Crippen LogP contribution in [-0.4, -0.2) is 32.3 Å². The van der Waals surface area contributed by atoms with Crippen LogP contribution >= 0.6 is 0 Å². The number of rotatable bonds is 2. The van der Waals surface area contributed by atoms with Gasteiger partial charge in [0.25, 0.3) is 5.91 Å². The molecule has 0 atom stereocenters. The van der Waals surface area contributed by atoms with Crippen molar-refractivity contribution >= 4 is 23.5 Å². The van der Waals surface area contributed by atoms with E-state index in [0.29, 0.717) is 30.1 Å². The third-order valence-electron chi connectivity index (χ3n) is 3.61. The Bertz CT molecular complexity index is 740. The normalized spacial score (nSPS) is 13.4. The van der Waals surface area contributed by atoms with Crippen molar-refractivity contribution in [2.75, 3.05) is 30.8 Å². The Morgan fingerprint density at radius 3 is 2.91 bits per heavy atom. The lowest BCUT2D eigenvalue weighted by molar-refractivity contribution is 0.0985. The van der Waals surface area contributed by atoms with Crippen molar-refractivity contribution in [3.05, 3.63) is 53.6 Å². The molecule has 0 radical (unpaired) electrons. The fourth-order valence-corrected chi connectivity index (χ4v) is 2.54. The lowest BCUT2D eigenvalue weighted by Crippen LogP contribution is -2.33. The van der Waals surface area contributed by atoms with Gasteiger partial charge < -0.3 is 15.4 Å². The van der Waals surface area contributed by atoms with E-state index in [-0.39, 0.29) is 5.91 Å². The minimum atomic E-state index is -0.103. The zero-order valence-corrected chi connectivity index (χ0v) is 12.3. The molecule has 0 aromatic heterocycles. The average Bonchev–Trinajstić information content (AvgIpc) is 2.76. The molecule has 2 aromatic carbocycles. The van der Waals surface area contributed by atoms with Gasteiger partial charge in [-0.25, -0.2) is 0 Å². The second-order valence-electron chi connectivity index (χ2n) is 5.01. The monoisotopic (exact) mass is 295 g/mol. The molecule has 0 bridgehead atoms. The Balaban J connectivity index is 2.04. The van der Waals surface area contributed by atoms with Crippen molar-refractivity contribution < 1.29 is 9.53 Å². The number of aliphatic imine (C=N–C) groups is 1. The summed E-state index contributed by atoms with van der Waals surface area (Å²) in [5.74, 6) is 0.462. The Morgan fingerprint density at radius 1 is 1.27 bits per heavy atom. The van der Waals surface area contributed by atoms with Gasteiger partial charge in [-0.1, -0.05) is 12.1 Å². The molecule has 1 amide bonds. The van der Waals surface area contributed by atoms with Crippen LogP contribution in [-0.2, 0) is 0 Å². The van der Waals surface area contributed by atoms with Crippen molar-refractivity contribution in [2.24, 2.45) is 4.99 Å². The molecule has 2 aromatic rings. The molecule has 1 aliphatic rings. The summed E-state index contributed by atoms with van der Waals surface area (Å²) < 4.78 is 5.30. The van der Waals surface area contributed by atoms with Gasteiger partial charge >= 0.3 is 0 Å². The van der Waals surface area contributed by atoms with Crippen LogP contribution in [0.2, 0.25) is 0 Å². The van der Waals surface area contributed by atoms with E-state index in [9.17, 15) is 4.79 Å². The second kappa shape index (κ2) is 5.89. The highest BCUT2D eigenvalue weighted by atomic mass is 16.5. The fraction of sp³-hybridized carbons (Fsp3) is 0.176. The summed E-state index contributed by atoms with van der Waals surface area (Å²) in [6.45, 7) is 1.07. The summed E-state index contributed by atoms with van der Waals surface area (Å²) in [5.41, 5.74) is 8.67. The molecule has 3 rings (SSSR count). The smallest absolute Gasteiger partial charge is 0.262 e. The van der Waals surface area contributed by atoms with Crippen LogP contribution in [0.5, 0.6) is 5.75 Å². The molecule has 5 nitrogen and oxygen atoms in total. The first-order valence-corrected chi connectivity index (χ1v) is 7.05. The molecule has 0 saturated heterocycles. The van der Waals surface area contributed by atoms with Gasteiger partial charge in [-0.3, -0.25) is 9.79 Å². The number of amides is 1. The Labute approximate surface area is 129 Å². The van der Waals surface area contributed by atoms with Crippen molar-refractivity contribution in [3.63, 3.8) is 0 Å². The van der Waals surface area contributed by atoms with E-state index in [0.717, 1.165) is 11.3 Å². The number of nitrogens with two attached hydrogens (primary N) is 1. The topological polar surface area (TPSA) is 67.9 Å². The van der Waals surface area contributed by atoms with Crippen LogP contribution in [0.15, 0.2) is 47.5 Å². The first kappa shape index (κ1) is 14.1. The molecule has 0 saturated carbocycles. The maximum atomic E-state index is 12.9. The van der Waals surface area contributed by atoms with Crippen LogP contribution in [0.3, 0.4) is 0 Å². The molecule has 1 heterocycles. The molecule has 0 unspecified atom stereocenters. The number of carbonyl (C=O) groups excluding carboxylic acids is 1. The number of benzene rings is 2. The minimum Gasteiger partial charge on any atom is -0.496 e. The lowest BCUT2D eigenvalue weighted by Gasteiger charge is -2.23. The summed E-state index contributed by atoms with van der Waals surface area (Å²) in [7, 11) is 1.56. The number of nitrogen functional groups attached to an aromatic ring is 1. The van der Waals surface area contributed by atoms with Crippen LogP contribution in [0, 0.1) is 0 Å². The summed E-state index contributed by atoms with van der Waals surface area (Å²) in [5, 5.41) is 0. The fourth-order valence-electron chi connectivity index (χ4n) is 2.54. The number of ether oxygens (including phenoxy) is 1. The molecule has 1 aliphatic heterocycles. The van der Waals surface area contributed by atoms with Gasteiger partial charge in [-0.15, -0.1) is 0 Å². The van der Waals surface area contributed by atoms with Crippen LogP contribution < -0.4 is 15.4 Å². The number of hydrogen-bond donors (Lipinski definition) is 1. The molecular formula is C17H17N3O2. The number of methoxy groups -OCH3 is 1. The second-order valence-corrected chi connectivity index (χ2v) is 5.01. The Hall–Kier alpha value is -2.82. The summed E-state index contributed by atoms with van der Waals surface area (Å²) in [6.07, 6.45) is 1.77. The van der Waals surface area contributed by atoms with E-state index in [1.165, 1.54) is 0 Å². The average molecular weight is 295 g/mol.